The number of nitrogens with one attached hydrogen (secondary N) is 1. The van der Waals surface area contributed by atoms with Gasteiger partial charge in [0.05, 0.1) is 31.5 Å². The molecule has 1 atom stereocenters. The summed E-state index contributed by atoms with van der Waals surface area (Å²) < 4.78 is 16.3. The third kappa shape index (κ3) is 8.90. The van der Waals surface area contributed by atoms with Gasteiger partial charge < -0.3 is 24.4 Å². The topological polar surface area (TPSA) is 55.3 Å². The quantitative estimate of drug-likeness (QED) is 0.209. The van der Waals surface area contributed by atoms with Gasteiger partial charge in [0.25, 0.3) is 0 Å². The molecular formula is C19H30Cl2IN3O3. The van der Waals surface area contributed by atoms with E-state index in [2.05, 4.69) is 15.2 Å². The third-order valence-electron chi connectivity index (χ3n) is 4.34. The van der Waals surface area contributed by atoms with Crippen LogP contribution < -0.4 is 10.1 Å². The first-order chi connectivity index (χ1) is 13.1. The molecule has 0 bridgehead atoms. The lowest BCUT2D eigenvalue weighted by molar-refractivity contribution is 0.0536. The minimum Gasteiger partial charge on any atom is -0.492 e. The maximum atomic E-state index is 6.10. The van der Waals surface area contributed by atoms with E-state index in [1.807, 2.05) is 7.05 Å². The van der Waals surface area contributed by atoms with E-state index in [-0.39, 0.29) is 24.0 Å². The highest BCUT2D eigenvalue weighted by Crippen LogP contribution is 2.27. The summed E-state index contributed by atoms with van der Waals surface area (Å²) in [6.45, 7) is 5.37. The molecule has 1 fully saturated rings. The smallest absolute Gasteiger partial charge is 0.193 e. The summed E-state index contributed by atoms with van der Waals surface area (Å²) in [5.41, 5.74) is 0. The van der Waals surface area contributed by atoms with E-state index in [4.69, 9.17) is 37.4 Å². The highest BCUT2D eigenvalue weighted by atomic mass is 127. The fourth-order valence-electron chi connectivity index (χ4n) is 2.93. The molecule has 160 valence electrons. The summed E-state index contributed by atoms with van der Waals surface area (Å²) in [6, 6.07) is 5.24. The second-order valence-electron chi connectivity index (χ2n) is 6.42. The Balaban J connectivity index is 0.00000392. The number of aliphatic imine (C=N–C) groups is 1. The number of likely N-dealkylation sites (tertiary alicyclic amines) is 1. The maximum absolute atomic E-state index is 6.10. The SMILES string of the molecule is CN=C(NCCCOc1ccc(Cl)cc1Cl)N1CCC(COCCOC)C1.I. The van der Waals surface area contributed by atoms with E-state index in [9.17, 15) is 0 Å². The summed E-state index contributed by atoms with van der Waals surface area (Å²) in [7, 11) is 3.50. The van der Waals surface area contributed by atoms with Gasteiger partial charge in [-0.25, -0.2) is 0 Å². The molecule has 2 rings (SSSR count). The van der Waals surface area contributed by atoms with Gasteiger partial charge in [-0.2, -0.15) is 0 Å². The average molecular weight is 546 g/mol. The minimum atomic E-state index is 0. The average Bonchev–Trinajstić information content (AvgIpc) is 3.12. The molecule has 1 N–H and O–H groups in total. The summed E-state index contributed by atoms with van der Waals surface area (Å²) >= 11 is 12.0. The van der Waals surface area contributed by atoms with Crippen molar-refractivity contribution in [3.63, 3.8) is 0 Å². The molecule has 1 saturated heterocycles. The van der Waals surface area contributed by atoms with Crippen molar-refractivity contribution in [2.45, 2.75) is 12.8 Å². The number of ether oxygens (including phenoxy) is 3. The number of halogens is 3. The van der Waals surface area contributed by atoms with Crippen LogP contribution in [0.15, 0.2) is 23.2 Å². The molecule has 9 heteroatoms. The number of rotatable bonds is 10. The van der Waals surface area contributed by atoms with Crippen LogP contribution in [-0.2, 0) is 9.47 Å². The van der Waals surface area contributed by atoms with Crippen LogP contribution in [0.3, 0.4) is 0 Å². The van der Waals surface area contributed by atoms with E-state index >= 15 is 0 Å². The predicted octanol–water partition coefficient (Wildman–Crippen LogP) is 3.94. The Bertz CT molecular complexity index is 608. The van der Waals surface area contributed by atoms with Crippen LogP contribution in [0.2, 0.25) is 10.0 Å². The predicted molar refractivity (Wildman–Crippen MR) is 126 cm³/mol. The van der Waals surface area contributed by atoms with Crippen LogP contribution in [0.1, 0.15) is 12.8 Å². The van der Waals surface area contributed by atoms with E-state index in [0.717, 1.165) is 45.0 Å². The molecule has 0 radical (unpaired) electrons. The van der Waals surface area contributed by atoms with Crippen LogP contribution in [-0.4, -0.2) is 71.1 Å². The van der Waals surface area contributed by atoms with E-state index in [1.54, 1.807) is 25.3 Å². The van der Waals surface area contributed by atoms with Crippen molar-refractivity contribution in [2.24, 2.45) is 10.9 Å². The van der Waals surface area contributed by atoms with Crippen LogP contribution in [0.4, 0.5) is 0 Å². The van der Waals surface area contributed by atoms with Crippen molar-refractivity contribution in [1.29, 1.82) is 0 Å². The second kappa shape index (κ2) is 14.5. The zero-order chi connectivity index (χ0) is 19.5. The molecule has 0 aromatic heterocycles. The number of benzene rings is 1. The van der Waals surface area contributed by atoms with E-state index in [1.165, 1.54) is 0 Å². The Kier molecular flexibility index (Phi) is 13.2. The van der Waals surface area contributed by atoms with E-state index < -0.39 is 0 Å². The first-order valence-electron chi connectivity index (χ1n) is 9.24. The van der Waals surface area contributed by atoms with Gasteiger partial charge in [-0.1, -0.05) is 23.2 Å². The Hall–Kier alpha value is -0.480. The molecule has 28 heavy (non-hydrogen) atoms. The maximum Gasteiger partial charge on any atom is 0.193 e. The summed E-state index contributed by atoms with van der Waals surface area (Å²) in [5, 5.41) is 4.53. The van der Waals surface area contributed by atoms with Gasteiger partial charge >= 0.3 is 0 Å². The highest BCUT2D eigenvalue weighted by molar-refractivity contribution is 14.0. The molecule has 1 aliphatic rings. The zero-order valence-electron chi connectivity index (χ0n) is 16.5. The van der Waals surface area contributed by atoms with Gasteiger partial charge in [0, 0.05) is 44.7 Å². The van der Waals surface area contributed by atoms with Crippen molar-refractivity contribution in [1.82, 2.24) is 10.2 Å². The molecule has 1 aromatic rings. The van der Waals surface area contributed by atoms with Crippen molar-refractivity contribution in [2.75, 3.05) is 60.2 Å². The van der Waals surface area contributed by atoms with Crippen molar-refractivity contribution in [3.8, 4) is 5.75 Å². The molecule has 1 aliphatic heterocycles. The Morgan fingerprint density at radius 3 is 2.82 bits per heavy atom. The van der Waals surface area contributed by atoms with Gasteiger partial charge in [-0.3, -0.25) is 4.99 Å². The van der Waals surface area contributed by atoms with Crippen molar-refractivity contribution < 1.29 is 14.2 Å². The van der Waals surface area contributed by atoms with Gasteiger partial charge in [-0.15, -0.1) is 24.0 Å². The second-order valence-corrected chi connectivity index (χ2v) is 7.26. The lowest BCUT2D eigenvalue weighted by Gasteiger charge is -2.21. The van der Waals surface area contributed by atoms with Gasteiger partial charge in [-0.05, 0) is 31.0 Å². The number of nitrogens with zero attached hydrogens (tertiary/aromatic N) is 2. The summed E-state index contributed by atoms with van der Waals surface area (Å²) in [6.07, 6.45) is 1.96. The van der Waals surface area contributed by atoms with Crippen LogP contribution >= 0.6 is 47.2 Å². The molecule has 0 saturated carbocycles. The first kappa shape index (κ1) is 25.6. The monoisotopic (exact) mass is 545 g/mol. The first-order valence-corrected chi connectivity index (χ1v) is 9.99. The number of guanidine groups is 1. The Labute approximate surface area is 194 Å². The lowest BCUT2D eigenvalue weighted by atomic mass is 10.1. The van der Waals surface area contributed by atoms with Crippen LogP contribution in [0, 0.1) is 5.92 Å². The zero-order valence-corrected chi connectivity index (χ0v) is 20.3. The normalized spacial score (nSPS) is 16.8. The fraction of sp³-hybridized carbons (Fsp3) is 0.632. The lowest BCUT2D eigenvalue weighted by Crippen LogP contribution is -2.40. The van der Waals surface area contributed by atoms with E-state index in [0.29, 0.717) is 41.5 Å². The van der Waals surface area contributed by atoms with Crippen LogP contribution in [0.25, 0.3) is 0 Å². The highest BCUT2D eigenvalue weighted by Gasteiger charge is 2.24. The largest absolute Gasteiger partial charge is 0.492 e. The third-order valence-corrected chi connectivity index (χ3v) is 4.87. The summed E-state index contributed by atoms with van der Waals surface area (Å²) in [4.78, 5) is 6.67. The molecule has 1 aromatic carbocycles. The molecule has 6 nitrogen and oxygen atoms in total. The van der Waals surface area contributed by atoms with Gasteiger partial charge in [0.2, 0.25) is 0 Å². The molecular weight excluding hydrogens is 516 g/mol. The van der Waals surface area contributed by atoms with Gasteiger partial charge in [0.1, 0.15) is 5.75 Å². The fourth-order valence-corrected chi connectivity index (χ4v) is 3.40. The Morgan fingerprint density at radius 2 is 2.11 bits per heavy atom. The molecule has 0 aliphatic carbocycles. The minimum absolute atomic E-state index is 0. The number of hydrogen-bond acceptors (Lipinski definition) is 4. The molecule has 1 unspecified atom stereocenters. The summed E-state index contributed by atoms with van der Waals surface area (Å²) in [5.74, 6) is 2.12. The van der Waals surface area contributed by atoms with Crippen molar-refractivity contribution in [3.05, 3.63) is 28.2 Å². The molecule has 1 heterocycles. The Morgan fingerprint density at radius 1 is 1.29 bits per heavy atom. The number of methoxy groups -OCH3 is 1. The molecule has 0 amide bonds. The van der Waals surface area contributed by atoms with Crippen molar-refractivity contribution >= 4 is 53.1 Å². The standard InChI is InChI=1S/C19H29Cl2N3O3.HI/c1-22-19(24-8-6-15(13-24)14-26-11-10-25-2)23-7-3-9-27-18-5-4-16(20)12-17(18)21;/h4-5,12,15H,3,6-11,13-14H2,1-2H3,(H,22,23);1H. The number of hydrogen-bond donors (Lipinski definition) is 1. The van der Waals surface area contributed by atoms with Crippen LogP contribution in [0.5, 0.6) is 5.75 Å². The van der Waals surface area contributed by atoms with Gasteiger partial charge in [0.15, 0.2) is 5.96 Å². The molecule has 0 spiro atoms.